The van der Waals surface area contributed by atoms with Gasteiger partial charge in [0.2, 0.25) is 5.91 Å². The van der Waals surface area contributed by atoms with Gasteiger partial charge in [-0.3, -0.25) is 25.1 Å². The van der Waals surface area contributed by atoms with Gasteiger partial charge in [-0.25, -0.2) is 0 Å². The number of benzene rings is 1. The Kier molecular flexibility index (Phi) is 8.26. The number of likely N-dealkylation sites (N-methyl/N-ethyl adjacent to an activating group) is 2. The number of nitrogens with one attached hydrogen (secondary N) is 2. The molecule has 1 saturated carbocycles. The molecule has 1 aromatic carbocycles. The van der Waals surface area contributed by atoms with Gasteiger partial charge in [0.1, 0.15) is 5.75 Å². The van der Waals surface area contributed by atoms with Crippen LogP contribution in [0.15, 0.2) is 36.9 Å². The maximum Gasteiger partial charge on any atom is 0.246 e. The van der Waals surface area contributed by atoms with Crippen LogP contribution >= 0.6 is 0 Å². The van der Waals surface area contributed by atoms with E-state index < -0.39 is 18.0 Å². The minimum Gasteiger partial charge on any atom is -0.475 e. The van der Waals surface area contributed by atoms with Crippen molar-refractivity contribution in [3.63, 3.8) is 0 Å². The topological polar surface area (TPSA) is 113 Å². The second kappa shape index (κ2) is 11.9. The van der Waals surface area contributed by atoms with Gasteiger partial charge in [-0.1, -0.05) is 18.7 Å². The summed E-state index contributed by atoms with van der Waals surface area (Å²) in [6, 6.07) is 9.79. The number of carbonyl (C=O) groups is 2. The first-order chi connectivity index (χ1) is 20.3. The quantitative estimate of drug-likeness (QED) is 0.477. The Hall–Kier alpha value is -3.01. The number of piperazine rings is 1. The maximum absolute atomic E-state index is 14.5. The molecule has 0 bridgehead atoms. The number of nitriles is 1. The first-order valence-corrected chi connectivity index (χ1v) is 15.2. The van der Waals surface area contributed by atoms with Crippen LogP contribution in [0.3, 0.4) is 0 Å². The van der Waals surface area contributed by atoms with Crippen LogP contribution in [0.25, 0.3) is 0 Å². The normalized spacial score (nSPS) is 35.3. The van der Waals surface area contributed by atoms with E-state index in [1.807, 2.05) is 31.3 Å². The molecule has 1 aliphatic carbocycles. The molecule has 6 rings (SSSR count). The lowest BCUT2D eigenvalue weighted by Crippen LogP contribution is -2.76. The summed E-state index contributed by atoms with van der Waals surface area (Å²) < 4.78 is 13.0. The molecule has 7 atom stereocenters. The van der Waals surface area contributed by atoms with Gasteiger partial charge >= 0.3 is 0 Å². The average molecular weight is 578 g/mol. The Labute approximate surface area is 248 Å². The van der Waals surface area contributed by atoms with E-state index in [-0.39, 0.29) is 36.2 Å². The number of amides is 1. The summed E-state index contributed by atoms with van der Waals surface area (Å²) in [5.74, 6) is 0.629. The predicted molar refractivity (Wildman–Crippen MR) is 158 cm³/mol. The largest absolute Gasteiger partial charge is 0.475 e. The molecule has 4 heterocycles. The number of fused-ring (bicyclic) bond motifs is 2. The molecule has 0 radical (unpaired) electrons. The summed E-state index contributed by atoms with van der Waals surface area (Å²) in [6.45, 7) is 7.45. The number of nitrogens with zero attached hydrogens (tertiary/aromatic N) is 5. The van der Waals surface area contributed by atoms with Crippen LogP contribution in [0, 0.1) is 17.2 Å². The summed E-state index contributed by atoms with van der Waals surface area (Å²) in [6.07, 6.45) is 4.54. The fourth-order valence-electron chi connectivity index (χ4n) is 7.71. The van der Waals surface area contributed by atoms with Crippen molar-refractivity contribution < 1.29 is 19.1 Å². The number of Topliss-reactive ketones (excluding diaryl/α,β-unsaturated/α-hetero) is 1. The summed E-state index contributed by atoms with van der Waals surface area (Å²) in [5.41, 5.74) is 0.0555. The average Bonchev–Trinajstić information content (AvgIpc) is 3.42. The molecule has 1 amide bonds. The first-order valence-electron chi connectivity index (χ1n) is 15.2. The molecular weight excluding hydrogens is 534 g/mol. The Balaban J connectivity index is 1.25. The Bertz CT molecular complexity index is 1240. The van der Waals surface area contributed by atoms with E-state index >= 15 is 0 Å². The van der Waals surface area contributed by atoms with Crippen molar-refractivity contribution >= 4 is 17.4 Å². The van der Waals surface area contributed by atoms with Crippen LogP contribution in [0.1, 0.15) is 32.1 Å². The van der Waals surface area contributed by atoms with Crippen molar-refractivity contribution in [2.75, 3.05) is 58.3 Å². The molecule has 3 saturated heterocycles. The molecule has 5 aliphatic rings. The number of anilines is 1. The Morgan fingerprint density at radius 3 is 2.81 bits per heavy atom. The fourth-order valence-corrected chi connectivity index (χ4v) is 7.71. The monoisotopic (exact) mass is 577 g/mol. The number of hydrogen-bond acceptors (Lipinski definition) is 10. The van der Waals surface area contributed by atoms with Gasteiger partial charge in [-0.05, 0) is 57.5 Å². The maximum atomic E-state index is 14.5. The van der Waals surface area contributed by atoms with Gasteiger partial charge in [-0.15, -0.1) is 0 Å². The molecule has 6 unspecified atom stereocenters. The van der Waals surface area contributed by atoms with Crippen LogP contribution in [0.4, 0.5) is 5.69 Å². The van der Waals surface area contributed by atoms with Crippen molar-refractivity contribution in [2.24, 2.45) is 5.92 Å². The van der Waals surface area contributed by atoms with Gasteiger partial charge in [0.25, 0.3) is 0 Å². The molecule has 42 heavy (non-hydrogen) atoms. The second-order valence-electron chi connectivity index (χ2n) is 12.5. The molecule has 11 nitrogen and oxygen atoms in total. The fraction of sp³-hybridized carbons (Fsp3) is 0.645. The lowest BCUT2D eigenvalue weighted by molar-refractivity contribution is -0.159. The highest BCUT2D eigenvalue weighted by atomic mass is 16.5. The van der Waals surface area contributed by atoms with Crippen LogP contribution in [-0.2, 0) is 14.3 Å². The zero-order valence-electron chi connectivity index (χ0n) is 24.7. The number of hydrogen-bond donors (Lipinski definition) is 2. The molecule has 2 N–H and O–H groups in total. The highest BCUT2D eigenvalue weighted by molar-refractivity contribution is 5.95. The summed E-state index contributed by atoms with van der Waals surface area (Å²) in [4.78, 5) is 35.6. The van der Waals surface area contributed by atoms with Crippen molar-refractivity contribution in [1.29, 1.82) is 5.26 Å². The third kappa shape index (κ3) is 5.31. The summed E-state index contributed by atoms with van der Waals surface area (Å²) in [5, 5.41) is 16.8. The van der Waals surface area contributed by atoms with Gasteiger partial charge in [0, 0.05) is 38.6 Å². The van der Waals surface area contributed by atoms with Gasteiger partial charge in [0.05, 0.1) is 49.6 Å². The zero-order chi connectivity index (χ0) is 29.4. The number of likely N-dealkylation sites (tertiary alicyclic amines) is 1. The standard InChI is InChI=1S/C31H43N7O4/c1-4-26(39)38-17-16-37(18-21(38)12-14-32)29-23-11-13-31(20-36(3)24-9-5-6-10-25(24)42-31)28(40)27(23)33-30(34-29)41-19-22-8-7-15-35(22)2/h4-6,9-10,21-23,27,29-30,33-34H,1,7-8,11-13,15-20H2,2-3H3/t21?,22?,23?,27?,29?,30?,31-/m1/s1. The molecule has 1 spiro atoms. The second-order valence-corrected chi connectivity index (χ2v) is 12.5. The minimum absolute atomic E-state index is 0.0207. The first kappa shape index (κ1) is 29.1. The van der Waals surface area contributed by atoms with Crippen molar-refractivity contribution in [1.82, 2.24) is 25.3 Å². The van der Waals surface area contributed by atoms with Crippen molar-refractivity contribution in [3.05, 3.63) is 36.9 Å². The molecule has 4 aliphatic heterocycles. The number of para-hydroxylation sites is 2. The SMILES string of the molecule is C=CC(=O)N1CCN(C2NC(OCC3CCCN3C)NC3C(=O)[C@@]4(CCC32)CN(C)c2ccccc2O4)CC1CC#N. The number of rotatable bonds is 6. The van der Waals surface area contributed by atoms with Crippen LogP contribution in [-0.4, -0.2) is 116 Å². The Morgan fingerprint density at radius 2 is 2.05 bits per heavy atom. The summed E-state index contributed by atoms with van der Waals surface area (Å²) in [7, 11) is 4.15. The van der Waals surface area contributed by atoms with E-state index in [1.165, 1.54) is 6.08 Å². The van der Waals surface area contributed by atoms with E-state index in [4.69, 9.17) is 9.47 Å². The van der Waals surface area contributed by atoms with E-state index in [0.29, 0.717) is 45.2 Å². The molecule has 0 aromatic heterocycles. The smallest absolute Gasteiger partial charge is 0.246 e. The number of ketones is 1. The van der Waals surface area contributed by atoms with Gasteiger partial charge in [-0.2, -0.15) is 5.26 Å². The molecule has 1 aromatic rings. The number of carbonyl (C=O) groups excluding carboxylic acids is 2. The highest BCUT2D eigenvalue weighted by Crippen LogP contribution is 2.44. The molecule has 226 valence electrons. The third-order valence-corrected chi connectivity index (χ3v) is 9.99. The van der Waals surface area contributed by atoms with E-state index in [1.54, 1.807) is 4.90 Å². The zero-order valence-corrected chi connectivity index (χ0v) is 24.7. The highest BCUT2D eigenvalue weighted by Gasteiger charge is 2.57. The molecule has 4 fully saturated rings. The van der Waals surface area contributed by atoms with Crippen molar-refractivity contribution in [3.8, 4) is 11.8 Å². The van der Waals surface area contributed by atoms with Crippen LogP contribution < -0.4 is 20.3 Å². The molecular formula is C31H43N7O4. The van der Waals surface area contributed by atoms with Crippen LogP contribution in [0.2, 0.25) is 0 Å². The minimum atomic E-state index is -0.937. The molecule has 11 heteroatoms. The third-order valence-electron chi connectivity index (χ3n) is 9.99. The van der Waals surface area contributed by atoms with Gasteiger partial charge in [0.15, 0.2) is 17.7 Å². The predicted octanol–water partition coefficient (Wildman–Crippen LogP) is 1.13. The van der Waals surface area contributed by atoms with Crippen molar-refractivity contribution in [2.45, 2.75) is 68.3 Å². The Morgan fingerprint density at radius 1 is 1.21 bits per heavy atom. The van der Waals surface area contributed by atoms with E-state index in [9.17, 15) is 14.9 Å². The summed E-state index contributed by atoms with van der Waals surface area (Å²) >= 11 is 0. The van der Waals surface area contributed by atoms with Gasteiger partial charge < -0.3 is 24.2 Å². The van der Waals surface area contributed by atoms with Crippen LogP contribution in [0.5, 0.6) is 5.75 Å². The lowest BCUT2D eigenvalue weighted by Gasteiger charge is -2.55. The van der Waals surface area contributed by atoms with E-state index in [0.717, 1.165) is 37.2 Å². The van der Waals surface area contributed by atoms with E-state index in [2.05, 4.69) is 45.0 Å². The number of ether oxygens (including phenoxy) is 2. The lowest BCUT2D eigenvalue weighted by atomic mass is 9.71.